The van der Waals surface area contributed by atoms with Gasteiger partial charge in [0.1, 0.15) is 5.58 Å². The summed E-state index contributed by atoms with van der Waals surface area (Å²) < 4.78 is 5.23. The number of carbonyl (C=O) groups is 2. The predicted octanol–water partition coefficient (Wildman–Crippen LogP) is 1.44. The van der Waals surface area contributed by atoms with Crippen LogP contribution in [-0.2, 0) is 11.3 Å². The Kier molecular flexibility index (Phi) is 3.39. The maximum absolute atomic E-state index is 11.2. The number of nitrogens with zero attached hydrogens (tertiary/aromatic N) is 1. The number of nitrogens with two attached hydrogens (primary N) is 1. The second kappa shape index (κ2) is 5.21. The van der Waals surface area contributed by atoms with Gasteiger partial charge in [0.15, 0.2) is 0 Å². The molecule has 1 aromatic heterocycles. The molecule has 0 saturated carbocycles. The van der Waals surface area contributed by atoms with Crippen molar-refractivity contribution in [1.29, 1.82) is 0 Å². The van der Waals surface area contributed by atoms with Crippen LogP contribution in [0.5, 0.6) is 0 Å². The van der Waals surface area contributed by atoms with Gasteiger partial charge in [0, 0.05) is 18.5 Å². The zero-order valence-electron chi connectivity index (χ0n) is 11.4. The number of carboxylic acid groups (broad SMARTS) is 1. The molecule has 3 rings (SSSR count). The van der Waals surface area contributed by atoms with Crippen LogP contribution < -0.4 is 5.73 Å². The molecule has 1 aromatic carbocycles. The van der Waals surface area contributed by atoms with Crippen molar-refractivity contribution in [2.24, 2.45) is 11.7 Å². The van der Waals surface area contributed by atoms with Gasteiger partial charge in [-0.25, -0.2) is 4.79 Å². The Balaban J connectivity index is 1.76. The van der Waals surface area contributed by atoms with Crippen LogP contribution in [0.15, 0.2) is 28.7 Å². The fourth-order valence-electron chi connectivity index (χ4n) is 2.76. The third-order valence-electron chi connectivity index (χ3n) is 3.87. The Bertz CT molecular complexity index is 707. The molecule has 1 fully saturated rings. The maximum atomic E-state index is 11.2. The number of hydrogen-bond acceptors (Lipinski definition) is 4. The fraction of sp³-hybridized carbons (Fsp3) is 0.333. The number of amides is 1. The molecule has 0 radical (unpaired) electrons. The highest BCUT2D eigenvalue weighted by molar-refractivity contribution is 5.91. The number of carbonyl (C=O) groups excluding carboxylic acids is 1. The number of likely N-dealkylation sites (tertiary alicyclic amines) is 1. The number of aromatic carboxylic acids is 1. The van der Waals surface area contributed by atoms with Crippen LogP contribution >= 0.6 is 0 Å². The normalized spacial score (nSPS) is 19.1. The molecule has 1 aliphatic heterocycles. The first-order chi connectivity index (χ1) is 10.0. The summed E-state index contributed by atoms with van der Waals surface area (Å²) in [6.07, 6.45) is 0.798. The maximum Gasteiger partial charge on any atom is 0.371 e. The fourth-order valence-corrected chi connectivity index (χ4v) is 2.76. The van der Waals surface area contributed by atoms with E-state index >= 15 is 0 Å². The highest BCUT2D eigenvalue weighted by Crippen LogP contribution is 2.23. The molecular formula is C15H16N2O4. The minimum Gasteiger partial charge on any atom is -0.475 e. The zero-order valence-corrected chi connectivity index (χ0v) is 11.4. The lowest BCUT2D eigenvalue weighted by Crippen LogP contribution is -2.27. The first-order valence-electron chi connectivity index (χ1n) is 6.80. The second-order valence-electron chi connectivity index (χ2n) is 5.41. The van der Waals surface area contributed by atoms with Crippen LogP contribution in [0.1, 0.15) is 22.5 Å². The third-order valence-corrected chi connectivity index (χ3v) is 3.87. The Morgan fingerprint density at radius 2 is 2.19 bits per heavy atom. The van der Waals surface area contributed by atoms with E-state index in [0.717, 1.165) is 23.9 Å². The lowest BCUT2D eigenvalue weighted by Gasteiger charge is -2.15. The SMILES string of the molecule is NC(=O)C1CCN(Cc2ccc3oc(C(=O)O)cc3c2)C1. The van der Waals surface area contributed by atoms with Gasteiger partial charge in [0.2, 0.25) is 11.7 Å². The zero-order chi connectivity index (χ0) is 15.0. The Morgan fingerprint density at radius 3 is 2.86 bits per heavy atom. The highest BCUT2D eigenvalue weighted by Gasteiger charge is 2.26. The van der Waals surface area contributed by atoms with Gasteiger partial charge in [0.25, 0.3) is 0 Å². The highest BCUT2D eigenvalue weighted by atomic mass is 16.4. The Hall–Kier alpha value is -2.34. The molecule has 1 aliphatic rings. The van der Waals surface area contributed by atoms with Crippen LogP contribution in [-0.4, -0.2) is 35.0 Å². The molecule has 6 nitrogen and oxygen atoms in total. The van der Waals surface area contributed by atoms with Gasteiger partial charge in [-0.05, 0) is 36.7 Å². The quantitative estimate of drug-likeness (QED) is 0.887. The molecule has 6 heteroatoms. The number of furan rings is 1. The van der Waals surface area contributed by atoms with Crippen LogP contribution in [0.25, 0.3) is 11.0 Å². The van der Waals surface area contributed by atoms with E-state index in [4.69, 9.17) is 15.3 Å². The minimum atomic E-state index is -1.07. The Morgan fingerprint density at radius 1 is 1.38 bits per heavy atom. The molecule has 1 saturated heterocycles. The molecule has 1 amide bonds. The van der Waals surface area contributed by atoms with Gasteiger partial charge in [-0.2, -0.15) is 0 Å². The average Bonchev–Trinajstić information content (AvgIpc) is 3.04. The number of benzene rings is 1. The number of hydrogen-bond donors (Lipinski definition) is 2. The van der Waals surface area contributed by atoms with E-state index in [2.05, 4.69) is 4.90 Å². The van der Waals surface area contributed by atoms with Gasteiger partial charge in [-0.1, -0.05) is 6.07 Å². The Labute approximate surface area is 121 Å². The molecule has 1 unspecified atom stereocenters. The summed E-state index contributed by atoms with van der Waals surface area (Å²) in [6.45, 7) is 2.24. The summed E-state index contributed by atoms with van der Waals surface area (Å²) in [5.74, 6) is -1.44. The van der Waals surface area contributed by atoms with Gasteiger partial charge < -0.3 is 15.3 Å². The number of rotatable bonds is 4. The second-order valence-corrected chi connectivity index (χ2v) is 5.41. The summed E-state index contributed by atoms with van der Waals surface area (Å²) in [7, 11) is 0. The smallest absolute Gasteiger partial charge is 0.371 e. The van der Waals surface area contributed by atoms with Crippen molar-refractivity contribution in [3.05, 3.63) is 35.6 Å². The summed E-state index contributed by atoms with van der Waals surface area (Å²) in [4.78, 5) is 24.2. The van der Waals surface area contributed by atoms with E-state index in [9.17, 15) is 9.59 Å². The van der Waals surface area contributed by atoms with Gasteiger partial charge in [0.05, 0.1) is 5.92 Å². The van der Waals surface area contributed by atoms with E-state index < -0.39 is 5.97 Å². The number of fused-ring (bicyclic) bond motifs is 1. The lowest BCUT2D eigenvalue weighted by atomic mass is 10.1. The van der Waals surface area contributed by atoms with Gasteiger partial charge in [-0.3, -0.25) is 9.69 Å². The van der Waals surface area contributed by atoms with Crippen LogP contribution in [0.2, 0.25) is 0 Å². The molecular weight excluding hydrogens is 272 g/mol. The van der Waals surface area contributed by atoms with Crippen molar-refractivity contribution < 1.29 is 19.1 Å². The van der Waals surface area contributed by atoms with E-state index in [-0.39, 0.29) is 17.6 Å². The molecule has 2 heterocycles. The van der Waals surface area contributed by atoms with Crippen molar-refractivity contribution in [3.63, 3.8) is 0 Å². The van der Waals surface area contributed by atoms with Crippen molar-refractivity contribution in [2.45, 2.75) is 13.0 Å². The first kappa shape index (κ1) is 13.6. The molecule has 3 N–H and O–H groups in total. The summed E-state index contributed by atoms with van der Waals surface area (Å²) in [6, 6.07) is 7.13. The molecule has 0 bridgehead atoms. The van der Waals surface area contributed by atoms with E-state index in [1.807, 2.05) is 12.1 Å². The first-order valence-corrected chi connectivity index (χ1v) is 6.80. The molecule has 1 atom stereocenters. The molecule has 110 valence electrons. The van der Waals surface area contributed by atoms with E-state index in [1.54, 1.807) is 6.07 Å². The molecule has 21 heavy (non-hydrogen) atoms. The number of primary amides is 1. The topological polar surface area (TPSA) is 96.8 Å². The van der Waals surface area contributed by atoms with E-state index in [1.165, 1.54) is 6.07 Å². The van der Waals surface area contributed by atoms with Crippen LogP contribution in [0.4, 0.5) is 0 Å². The summed E-state index contributed by atoms with van der Waals surface area (Å²) >= 11 is 0. The van der Waals surface area contributed by atoms with Gasteiger partial charge >= 0.3 is 5.97 Å². The predicted molar refractivity (Wildman–Crippen MR) is 75.8 cm³/mol. The average molecular weight is 288 g/mol. The summed E-state index contributed by atoms with van der Waals surface area (Å²) in [5, 5.41) is 9.69. The molecule has 2 aromatic rings. The standard InChI is InChI=1S/C15H16N2O4/c16-14(18)10-3-4-17(8-10)7-9-1-2-12-11(5-9)6-13(21-12)15(19)20/h1-2,5-6,10H,3-4,7-8H2,(H2,16,18)(H,19,20). The minimum absolute atomic E-state index is 0.0582. The van der Waals surface area contributed by atoms with Crippen LogP contribution in [0.3, 0.4) is 0 Å². The molecule has 0 spiro atoms. The van der Waals surface area contributed by atoms with Crippen molar-refractivity contribution in [1.82, 2.24) is 4.90 Å². The third kappa shape index (κ3) is 2.75. The van der Waals surface area contributed by atoms with E-state index in [0.29, 0.717) is 18.7 Å². The largest absolute Gasteiger partial charge is 0.475 e. The monoisotopic (exact) mass is 288 g/mol. The lowest BCUT2D eigenvalue weighted by molar-refractivity contribution is -0.121. The molecule has 0 aliphatic carbocycles. The summed E-state index contributed by atoms with van der Waals surface area (Å²) in [5.41, 5.74) is 6.95. The van der Waals surface area contributed by atoms with Crippen molar-refractivity contribution in [3.8, 4) is 0 Å². The van der Waals surface area contributed by atoms with Crippen molar-refractivity contribution in [2.75, 3.05) is 13.1 Å². The van der Waals surface area contributed by atoms with Crippen LogP contribution in [0, 0.1) is 5.92 Å². The van der Waals surface area contributed by atoms with Crippen molar-refractivity contribution >= 4 is 22.8 Å². The number of carboxylic acids is 1. The van der Waals surface area contributed by atoms with Gasteiger partial charge in [-0.15, -0.1) is 0 Å².